The Morgan fingerprint density at radius 1 is 0.789 bits per heavy atom. The van der Waals surface area contributed by atoms with Gasteiger partial charge in [-0.25, -0.2) is 9.59 Å². The first-order valence-electron chi connectivity index (χ1n) is 5.54. The first-order valence-corrected chi connectivity index (χ1v) is 5.54. The lowest BCUT2D eigenvalue weighted by Crippen LogP contribution is -2.13. The predicted octanol–water partition coefficient (Wildman–Crippen LogP) is 1.85. The van der Waals surface area contributed by atoms with Crippen LogP contribution in [0.4, 0.5) is 11.4 Å². The average molecular weight is 256 g/mol. The van der Waals surface area contributed by atoms with Crippen LogP contribution in [0.3, 0.4) is 0 Å². The second-order valence-electron chi connectivity index (χ2n) is 3.93. The average Bonchev–Trinajstić information content (AvgIpc) is 2.38. The molecule has 0 aliphatic carbocycles. The largest absolute Gasteiger partial charge is 0.399 e. The third-order valence-electron chi connectivity index (χ3n) is 2.43. The van der Waals surface area contributed by atoms with Crippen molar-refractivity contribution in [2.75, 3.05) is 11.5 Å². The van der Waals surface area contributed by atoms with Gasteiger partial charge in [0.15, 0.2) is 0 Å². The molecule has 0 aromatic heterocycles. The zero-order valence-electron chi connectivity index (χ0n) is 10.00. The molecule has 0 atom stereocenters. The summed E-state index contributed by atoms with van der Waals surface area (Å²) in [5.74, 6) is -1.50. The van der Waals surface area contributed by atoms with E-state index in [0.717, 1.165) is 0 Å². The predicted molar refractivity (Wildman–Crippen MR) is 71.5 cm³/mol. The number of anilines is 2. The van der Waals surface area contributed by atoms with E-state index in [2.05, 4.69) is 0 Å². The lowest BCUT2D eigenvalue weighted by Gasteiger charge is -2.04. The molecule has 0 heterocycles. The summed E-state index contributed by atoms with van der Waals surface area (Å²) >= 11 is 0. The first-order chi connectivity index (χ1) is 9.06. The monoisotopic (exact) mass is 256 g/mol. The molecule has 0 fully saturated rings. The van der Waals surface area contributed by atoms with Gasteiger partial charge in [0.1, 0.15) is 0 Å². The Morgan fingerprint density at radius 3 is 1.58 bits per heavy atom. The maximum atomic E-state index is 11.7. The standard InChI is InChI=1S/C14H12N2O3/c15-11-5-1-3-9(7-11)13(17)19-14(18)10-4-2-6-12(16)8-10/h1-8H,15-16H2. The number of esters is 2. The molecule has 0 saturated heterocycles. The van der Waals surface area contributed by atoms with E-state index in [0.29, 0.717) is 11.4 Å². The van der Waals surface area contributed by atoms with E-state index in [-0.39, 0.29) is 11.1 Å². The van der Waals surface area contributed by atoms with Gasteiger partial charge in [-0.3, -0.25) is 0 Å². The highest BCUT2D eigenvalue weighted by Gasteiger charge is 2.15. The molecule has 2 aromatic carbocycles. The lowest BCUT2D eigenvalue weighted by molar-refractivity contribution is 0.0398. The molecule has 2 rings (SSSR count). The van der Waals surface area contributed by atoms with E-state index in [4.69, 9.17) is 16.2 Å². The fourth-order valence-electron chi connectivity index (χ4n) is 1.53. The molecule has 2 aromatic rings. The van der Waals surface area contributed by atoms with Crippen LogP contribution in [0, 0.1) is 0 Å². The molecule has 19 heavy (non-hydrogen) atoms. The SMILES string of the molecule is Nc1cccc(C(=O)OC(=O)c2cccc(N)c2)c1. The molecule has 5 heteroatoms. The van der Waals surface area contributed by atoms with Crippen LogP contribution in [0.15, 0.2) is 48.5 Å². The summed E-state index contributed by atoms with van der Waals surface area (Å²) in [6.07, 6.45) is 0. The van der Waals surface area contributed by atoms with Crippen molar-refractivity contribution in [3.05, 3.63) is 59.7 Å². The maximum Gasteiger partial charge on any atom is 0.346 e. The van der Waals surface area contributed by atoms with Gasteiger partial charge in [-0.1, -0.05) is 12.1 Å². The molecule has 0 spiro atoms. The summed E-state index contributed by atoms with van der Waals surface area (Å²) in [6, 6.07) is 12.4. The highest BCUT2D eigenvalue weighted by Crippen LogP contribution is 2.11. The van der Waals surface area contributed by atoms with Crippen molar-refractivity contribution in [2.24, 2.45) is 0 Å². The van der Waals surface area contributed by atoms with E-state index < -0.39 is 11.9 Å². The van der Waals surface area contributed by atoms with Crippen LogP contribution in [-0.2, 0) is 4.74 Å². The fourth-order valence-corrected chi connectivity index (χ4v) is 1.53. The van der Waals surface area contributed by atoms with Gasteiger partial charge >= 0.3 is 11.9 Å². The van der Waals surface area contributed by atoms with Crippen LogP contribution in [-0.4, -0.2) is 11.9 Å². The van der Waals surface area contributed by atoms with Crippen molar-refractivity contribution in [1.82, 2.24) is 0 Å². The molecule has 0 bridgehead atoms. The first kappa shape index (κ1) is 12.6. The van der Waals surface area contributed by atoms with Crippen molar-refractivity contribution in [1.29, 1.82) is 0 Å². The summed E-state index contributed by atoms with van der Waals surface area (Å²) in [6.45, 7) is 0. The molecule has 4 N–H and O–H groups in total. The van der Waals surface area contributed by atoms with E-state index >= 15 is 0 Å². The molecule has 0 aliphatic heterocycles. The van der Waals surface area contributed by atoms with Crippen LogP contribution in [0.5, 0.6) is 0 Å². The van der Waals surface area contributed by atoms with Crippen LogP contribution in [0.25, 0.3) is 0 Å². The number of ether oxygens (including phenoxy) is 1. The topological polar surface area (TPSA) is 95.4 Å². The molecule has 5 nitrogen and oxygen atoms in total. The van der Waals surface area contributed by atoms with Gasteiger partial charge in [-0.15, -0.1) is 0 Å². The van der Waals surface area contributed by atoms with Crippen molar-refractivity contribution in [3.8, 4) is 0 Å². The number of hydrogen-bond donors (Lipinski definition) is 2. The summed E-state index contributed by atoms with van der Waals surface area (Å²) in [5.41, 5.74) is 12.4. The van der Waals surface area contributed by atoms with Crippen LogP contribution in [0.2, 0.25) is 0 Å². The number of nitrogens with two attached hydrogens (primary N) is 2. The maximum absolute atomic E-state index is 11.7. The minimum atomic E-state index is -0.750. The van der Waals surface area contributed by atoms with Gasteiger partial charge in [-0.2, -0.15) is 0 Å². The van der Waals surface area contributed by atoms with Gasteiger partial charge in [-0.05, 0) is 36.4 Å². The Morgan fingerprint density at radius 2 is 1.21 bits per heavy atom. The minimum Gasteiger partial charge on any atom is -0.399 e. The molecule has 0 saturated carbocycles. The van der Waals surface area contributed by atoms with Crippen LogP contribution < -0.4 is 11.5 Å². The van der Waals surface area contributed by atoms with Gasteiger partial charge in [0.25, 0.3) is 0 Å². The van der Waals surface area contributed by atoms with E-state index in [1.807, 2.05) is 0 Å². The fraction of sp³-hybridized carbons (Fsp3) is 0. The van der Waals surface area contributed by atoms with E-state index in [1.54, 1.807) is 24.3 Å². The summed E-state index contributed by atoms with van der Waals surface area (Å²) in [7, 11) is 0. The van der Waals surface area contributed by atoms with Gasteiger partial charge in [0.05, 0.1) is 11.1 Å². The molecule has 0 amide bonds. The van der Waals surface area contributed by atoms with E-state index in [1.165, 1.54) is 24.3 Å². The number of carbonyl (C=O) groups is 2. The Balaban J connectivity index is 2.13. The number of hydrogen-bond acceptors (Lipinski definition) is 5. The van der Waals surface area contributed by atoms with Crippen molar-refractivity contribution in [2.45, 2.75) is 0 Å². The van der Waals surface area contributed by atoms with Gasteiger partial charge in [0.2, 0.25) is 0 Å². The third-order valence-corrected chi connectivity index (χ3v) is 2.43. The Labute approximate surface area is 109 Å². The van der Waals surface area contributed by atoms with Crippen molar-refractivity contribution in [3.63, 3.8) is 0 Å². The second kappa shape index (κ2) is 5.22. The van der Waals surface area contributed by atoms with Crippen molar-refractivity contribution < 1.29 is 14.3 Å². The highest BCUT2D eigenvalue weighted by molar-refractivity contribution is 6.03. The highest BCUT2D eigenvalue weighted by atomic mass is 16.6. The van der Waals surface area contributed by atoms with E-state index in [9.17, 15) is 9.59 Å². The molecule has 0 radical (unpaired) electrons. The number of rotatable bonds is 2. The van der Waals surface area contributed by atoms with Crippen LogP contribution >= 0.6 is 0 Å². The third kappa shape index (κ3) is 3.10. The zero-order valence-corrected chi connectivity index (χ0v) is 10.00. The summed E-state index contributed by atoms with van der Waals surface area (Å²) < 4.78 is 4.74. The van der Waals surface area contributed by atoms with Gasteiger partial charge in [0, 0.05) is 11.4 Å². The number of carbonyl (C=O) groups excluding carboxylic acids is 2. The van der Waals surface area contributed by atoms with Crippen molar-refractivity contribution >= 4 is 23.3 Å². The molecule has 96 valence electrons. The molecular weight excluding hydrogens is 244 g/mol. The smallest absolute Gasteiger partial charge is 0.346 e. The molecule has 0 unspecified atom stereocenters. The van der Waals surface area contributed by atoms with Gasteiger partial charge < -0.3 is 16.2 Å². The van der Waals surface area contributed by atoms with Crippen LogP contribution in [0.1, 0.15) is 20.7 Å². The second-order valence-corrected chi connectivity index (χ2v) is 3.93. The number of benzene rings is 2. The minimum absolute atomic E-state index is 0.220. The Kier molecular flexibility index (Phi) is 3.47. The lowest BCUT2D eigenvalue weighted by atomic mass is 10.2. The Bertz CT molecular complexity index is 583. The zero-order chi connectivity index (χ0) is 13.8. The normalized spacial score (nSPS) is 9.89. The summed E-state index contributed by atoms with van der Waals surface area (Å²) in [5, 5.41) is 0. The summed E-state index contributed by atoms with van der Waals surface area (Å²) in [4.78, 5) is 23.5. The quantitative estimate of drug-likeness (QED) is 0.485. The molecular formula is C14H12N2O3. The Hall–Kier alpha value is -2.82. The number of nitrogen functional groups attached to an aromatic ring is 2. The molecule has 0 aliphatic rings.